The van der Waals surface area contributed by atoms with Crippen LogP contribution < -0.4 is 0 Å². The molecule has 0 saturated heterocycles. The molecule has 0 aliphatic carbocycles. The van der Waals surface area contributed by atoms with E-state index >= 15 is 0 Å². The second-order valence-corrected chi connectivity index (χ2v) is 5.10. The van der Waals surface area contributed by atoms with Crippen LogP contribution >= 0.6 is 0 Å². The molecule has 1 atom stereocenters. The van der Waals surface area contributed by atoms with Crippen LogP contribution in [0.2, 0.25) is 0 Å². The highest BCUT2D eigenvalue weighted by atomic mass is 16.3. The number of benzene rings is 1. The maximum atomic E-state index is 9.85. The summed E-state index contributed by atoms with van der Waals surface area (Å²) >= 11 is 0. The monoisotopic (exact) mass is 208 g/mol. The molecule has 0 fully saturated rings. The van der Waals surface area contributed by atoms with Gasteiger partial charge in [0.25, 0.3) is 0 Å². The lowest BCUT2D eigenvalue weighted by molar-refractivity contribution is -0.985. The summed E-state index contributed by atoms with van der Waals surface area (Å²) in [5, 5.41) is 9.85. The highest BCUT2D eigenvalue weighted by molar-refractivity contribution is 5.20. The third-order valence-corrected chi connectivity index (χ3v) is 3.86. The van der Waals surface area contributed by atoms with Crippen molar-refractivity contribution in [1.29, 1.82) is 0 Å². The van der Waals surface area contributed by atoms with Crippen molar-refractivity contribution in [2.45, 2.75) is 32.5 Å². The maximum absolute atomic E-state index is 9.85. The molecular weight excluding hydrogens is 186 g/mol. The van der Waals surface area contributed by atoms with Crippen LogP contribution in [0.4, 0.5) is 0 Å². The zero-order valence-corrected chi connectivity index (χ0v) is 10.4. The number of aliphatic hydroxyl groups excluding tert-OH is 1. The van der Waals surface area contributed by atoms with Crippen LogP contribution in [0.5, 0.6) is 0 Å². The van der Waals surface area contributed by atoms with Gasteiger partial charge in [-0.1, -0.05) is 30.3 Å². The fourth-order valence-electron chi connectivity index (χ4n) is 1.65. The Morgan fingerprint density at radius 1 is 1.13 bits per heavy atom. The van der Waals surface area contributed by atoms with Crippen molar-refractivity contribution in [3.63, 3.8) is 0 Å². The smallest absolute Gasteiger partial charge is 0.187 e. The quantitative estimate of drug-likeness (QED) is 0.597. The summed E-state index contributed by atoms with van der Waals surface area (Å²) in [5.74, 6) is 0. The Kier molecular flexibility index (Phi) is 3.22. The van der Waals surface area contributed by atoms with Crippen molar-refractivity contribution in [3.05, 3.63) is 35.9 Å². The highest BCUT2D eigenvalue weighted by Gasteiger charge is 2.41. The number of aliphatic hydroxyl groups is 1. The Balaban J connectivity index is 3.13. The van der Waals surface area contributed by atoms with E-state index in [9.17, 15) is 5.11 Å². The van der Waals surface area contributed by atoms with Gasteiger partial charge in [-0.05, 0) is 13.8 Å². The molecule has 0 spiro atoms. The second kappa shape index (κ2) is 3.95. The summed E-state index contributed by atoms with van der Waals surface area (Å²) in [6.07, 6.45) is -0.389. The van der Waals surface area contributed by atoms with Crippen LogP contribution in [0, 0.1) is 0 Å². The molecule has 1 aromatic carbocycles. The first-order valence-corrected chi connectivity index (χ1v) is 5.37. The lowest BCUT2D eigenvalue weighted by atomic mass is 9.90. The van der Waals surface area contributed by atoms with E-state index in [2.05, 4.69) is 40.1 Å². The Labute approximate surface area is 92.8 Å². The molecule has 0 bridgehead atoms. The fourth-order valence-corrected chi connectivity index (χ4v) is 1.65. The predicted molar refractivity (Wildman–Crippen MR) is 63.3 cm³/mol. The van der Waals surface area contributed by atoms with E-state index in [-0.39, 0.29) is 11.8 Å². The van der Waals surface area contributed by atoms with Gasteiger partial charge in [-0.15, -0.1) is 0 Å². The zero-order chi connectivity index (χ0) is 11.7. The van der Waals surface area contributed by atoms with Crippen molar-refractivity contribution in [3.8, 4) is 0 Å². The SMILES string of the molecule is CC(O)[N+](C)(C)C(C)(C)c1ccccc1. The Morgan fingerprint density at radius 2 is 1.60 bits per heavy atom. The average Bonchev–Trinajstić information content (AvgIpc) is 2.18. The minimum Gasteiger partial charge on any atom is -0.345 e. The van der Waals surface area contributed by atoms with Crippen molar-refractivity contribution < 1.29 is 9.59 Å². The molecule has 0 aliphatic heterocycles. The molecule has 1 aromatic rings. The number of rotatable bonds is 3. The third kappa shape index (κ3) is 2.06. The first kappa shape index (κ1) is 12.2. The molecule has 2 nitrogen and oxygen atoms in total. The van der Waals surface area contributed by atoms with Crippen LogP contribution in [0.25, 0.3) is 0 Å². The van der Waals surface area contributed by atoms with E-state index in [1.54, 1.807) is 0 Å². The van der Waals surface area contributed by atoms with E-state index in [0.717, 1.165) is 0 Å². The Morgan fingerprint density at radius 3 is 2.00 bits per heavy atom. The molecule has 0 heterocycles. The van der Waals surface area contributed by atoms with Crippen LogP contribution in [-0.4, -0.2) is 29.9 Å². The Hall–Kier alpha value is -0.860. The summed E-state index contributed by atoms with van der Waals surface area (Å²) < 4.78 is 0.553. The van der Waals surface area contributed by atoms with Crippen LogP contribution in [0.3, 0.4) is 0 Å². The number of hydrogen-bond acceptors (Lipinski definition) is 1. The maximum Gasteiger partial charge on any atom is 0.187 e. The number of hydrogen-bond donors (Lipinski definition) is 1. The van der Waals surface area contributed by atoms with Crippen LogP contribution in [0.1, 0.15) is 26.3 Å². The lowest BCUT2D eigenvalue weighted by Crippen LogP contribution is -2.58. The molecule has 0 aliphatic rings. The summed E-state index contributed by atoms with van der Waals surface area (Å²) in [6.45, 7) is 6.16. The van der Waals surface area contributed by atoms with E-state index < -0.39 is 0 Å². The zero-order valence-electron chi connectivity index (χ0n) is 10.4. The predicted octanol–water partition coefficient (Wildman–Crippen LogP) is 2.34. The summed E-state index contributed by atoms with van der Waals surface area (Å²) in [7, 11) is 4.11. The normalized spacial score (nSPS) is 15.1. The van der Waals surface area contributed by atoms with Gasteiger partial charge < -0.3 is 5.11 Å². The van der Waals surface area contributed by atoms with Crippen LogP contribution in [-0.2, 0) is 5.54 Å². The minimum absolute atomic E-state index is 0.102. The molecule has 15 heavy (non-hydrogen) atoms. The molecule has 0 amide bonds. The molecule has 0 aromatic heterocycles. The van der Waals surface area contributed by atoms with Crippen LogP contribution in [0.15, 0.2) is 30.3 Å². The van der Waals surface area contributed by atoms with Gasteiger partial charge in [0.2, 0.25) is 0 Å². The number of quaternary nitrogens is 1. The molecule has 1 unspecified atom stereocenters. The molecular formula is C13H22NO+. The van der Waals surface area contributed by atoms with Gasteiger partial charge in [0.1, 0.15) is 5.54 Å². The minimum atomic E-state index is -0.389. The van der Waals surface area contributed by atoms with Gasteiger partial charge >= 0.3 is 0 Å². The van der Waals surface area contributed by atoms with E-state index in [1.165, 1.54) is 5.56 Å². The third-order valence-electron chi connectivity index (χ3n) is 3.86. The summed E-state index contributed by atoms with van der Waals surface area (Å²) in [5.41, 5.74) is 1.14. The summed E-state index contributed by atoms with van der Waals surface area (Å²) in [6, 6.07) is 10.3. The molecule has 1 N–H and O–H groups in total. The van der Waals surface area contributed by atoms with E-state index in [4.69, 9.17) is 0 Å². The molecule has 2 heteroatoms. The lowest BCUT2D eigenvalue weighted by Gasteiger charge is -2.46. The van der Waals surface area contributed by atoms with E-state index in [0.29, 0.717) is 4.48 Å². The highest BCUT2D eigenvalue weighted by Crippen LogP contribution is 2.33. The van der Waals surface area contributed by atoms with Crippen molar-refractivity contribution in [2.75, 3.05) is 14.1 Å². The van der Waals surface area contributed by atoms with Crippen molar-refractivity contribution >= 4 is 0 Å². The molecule has 0 saturated carbocycles. The fraction of sp³-hybridized carbons (Fsp3) is 0.538. The van der Waals surface area contributed by atoms with Gasteiger partial charge in [0.15, 0.2) is 6.23 Å². The molecule has 1 rings (SSSR count). The van der Waals surface area contributed by atoms with E-state index in [1.807, 2.05) is 25.1 Å². The standard InChI is InChI=1S/C13H22NO/c1-11(15)14(4,5)13(2,3)12-9-7-6-8-10-12/h6-11,15H,1-5H3/q+1. The first-order chi connectivity index (χ1) is 6.80. The van der Waals surface area contributed by atoms with Gasteiger partial charge in [0.05, 0.1) is 14.1 Å². The van der Waals surface area contributed by atoms with Crippen molar-refractivity contribution in [1.82, 2.24) is 0 Å². The second-order valence-electron chi connectivity index (χ2n) is 5.10. The van der Waals surface area contributed by atoms with Gasteiger partial charge in [-0.2, -0.15) is 0 Å². The Bertz CT molecular complexity index is 315. The topological polar surface area (TPSA) is 20.2 Å². The molecule has 0 radical (unpaired) electrons. The number of nitrogens with zero attached hydrogens (tertiary/aromatic N) is 1. The summed E-state index contributed by atoms with van der Waals surface area (Å²) in [4.78, 5) is 0. The average molecular weight is 208 g/mol. The van der Waals surface area contributed by atoms with Gasteiger partial charge in [0, 0.05) is 12.5 Å². The van der Waals surface area contributed by atoms with Crippen molar-refractivity contribution in [2.24, 2.45) is 0 Å². The van der Waals surface area contributed by atoms with Gasteiger partial charge in [-0.3, -0.25) is 4.48 Å². The largest absolute Gasteiger partial charge is 0.345 e. The molecule has 84 valence electrons. The van der Waals surface area contributed by atoms with Gasteiger partial charge in [-0.25, -0.2) is 0 Å². The first-order valence-electron chi connectivity index (χ1n) is 5.37.